The number of methoxy groups -OCH3 is 1. The van der Waals surface area contributed by atoms with E-state index in [0.717, 1.165) is 29.8 Å². The van der Waals surface area contributed by atoms with Gasteiger partial charge in [-0.05, 0) is 54.2 Å². The van der Waals surface area contributed by atoms with Gasteiger partial charge in [0.25, 0.3) is 0 Å². The zero-order valence-electron chi connectivity index (χ0n) is 15.5. The van der Waals surface area contributed by atoms with E-state index in [0.29, 0.717) is 16.7 Å². The second kappa shape index (κ2) is 7.68. The Morgan fingerprint density at radius 2 is 2.12 bits per heavy atom. The first kappa shape index (κ1) is 18.7. The minimum Gasteiger partial charge on any atom is -0.497 e. The standard InChI is InChI=1S/C21H25ClN2O2/c1-13-8-15-6-4-5-7-19(15)24(12-13)20(25)11-18(23)21-14(2)9-16(26-3)10-17(21)22/h4-7,9-10,13,18H,8,11-12,23H2,1-3H3. The van der Waals surface area contributed by atoms with Crippen molar-refractivity contribution >= 4 is 23.2 Å². The number of aryl methyl sites for hydroxylation is 1. The summed E-state index contributed by atoms with van der Waals surface area (Å²) < 4.78 is 5.24. The number of fused-ring (bicyclic) bond motifs is 1. The minimum atomic E-state index is -0.453. The zero-order valence-corrected chi connectivity index (χ0v) is 16.2. The number of nitrogens with two attached hydrogens (primary N) is 1. The van der Waals surface area contributed by atoms with E-state index in [1.165, 1.54) is 5.56 Å². The van der Waals surface area contributed by atoms with Gasteiger partial charge in [-0.2, -0.15) is 0 Å². The van der Waals surface area contributed by atoms with Crippen molar-refractivity contribution in [1.82, 2.24) is 0 Å². The van der Waals surface area contributed by atoms with Gasteiger partial charge in [0.2, 0.25) is 5.91 Å². The number of halogens is 1. The Kier molecular flexibility index (Phi) is 5.54. The van der Waals surface area contributed by atoms with Crippen LogP contribution in [0.4, 0.5) is 5.69 Å². The van der Waals surface area contributed by atoms with E-state index < -0.39 is 6.04 Å². The first-order valence-corrected chi connectivity index (χ1v) is 9.26. The number of amides is 1. The van der Waals surface area contributed by atoms with Gasteiger partial charge < -0.3 is 15.4 Å². The quantitative estimate of drug-likeness (QED) is 0.871. The molecule has 5 heteroatoms. The smallest absolute Gasteiger partial charge is 0.228 e. The molecule has 2 aromatic rings. The van der Waals surface area contributed by atoms with Crippen LogP contribution in [0.15, 0.2) is 36.4 Å². The first-order chi connectivity index (χ1) is 12.4. The van der Waals surface area contributed by atoms with E-state index in [2.05, 4.69) is 13.0 Å². The lowest BCUT2D eigenvalue weighted by Gasteiger charge is -2.34. The topological polar surface area (TPSA) is 55.6 Å². The van der Waals surface area contributed by atoms with Crippen molar-refractivity contribution < 1.29 is 9.53 Å². The molecule has 1 amide bonds. The Hall–Kier alpha value is -2.04. The Bertz CT molecular complexity index is 798. The van der Waals surface area contributed by atoms with Gasteiger partial charge in [0.05, 0.1) is 7.11 Å². The molecule has 2 aromatic carbocycles. The molecule has 1 aliphatic heterocycles. The SMILES string of the molecule is COc1cc(C)c(C(N)CC(=O)N2CC(C)Cc3ccccc32)c(Cl)c1. The van der Waals surface area contributed by atoms with Gasteiger partial charge in [-0.3, -0.25) is 4.79 Å². The molecule has 0 aliphatic carbocycles. The second-order valence-corrected chi connectivity index (χ2v) is 7.50. The van der Waals surface area contributed by atoms with Crippen molar-refractivity contribution in [3.63, 3.8) is 0 Å². The van der Waals surface area contributed by atoms with Crippen LogP contribution in [0.5, 0.6) is 5.75 Å². The van der Waals surface area contributed by atoms with Gasteiger partial charge in [-0.1, -0.05) is 36.7 Å². The van der Waals surface area contributed by atoms with Gasteiger partial charge in [-0.15, -0.1) is 0 Å². The summed E-state index contributed by atoms with van der Waals surface area (Å²) in [4.78, 5) is 14.9. The molecule has 0 radical (unpaired) electrons. The number of para-hydroxylation sites is 1. The summed E-state index contributed by atoms with van der Waals surface area (Å²) in [6.45, 7) is 4.82. The van der Waals surface area contributed by atoms with E-state index in [1.54, 1.807) is 13.2 Å². The van der Waals surface area contributed by atoms with E-state index in [9.17, 15) is 4.79 Å². The minimum absolute atomic E-state index is 0.0304. The second-order valence-electron chi connectivity index (χ2n) is 7.09. The largest absolute Gasteiger partial charge is 0.497 e. The monoisotopic (exact) mass is 372 g/mol. The third-order valence-corrected chi connectivity index (χ3v) is 5.27. The van der Waals surface area contributed by atoms with Gasteiger partial charge in [0.1, 0.15) is 5.75 Å². The van der Waals surface area contributed by atoms with Crippen molar-refractivity contribution in [2.45, 2.75) is 32.7 Å². The number of rotatable bonds is 4. The van der Waals surface area contributed by atoms with Crippen LogP contribution in [-0.4, -0.2) is 19.6 Å². The van der Waals surface area contributed by atoms with Gasteiger partial charge in [-0.25, -0.2) is 0 Å². The third kappa shape index (κ3) is 3.71. The number of carbonyl (C=O) groups is 1. The van der Waals surface area contributed by atoms with Crippen LogP contribution in [-0.2, 0) is 11.2 Å². The molecule has 1 heterocycles. The van der Waals surface area contributed by atoms with E-state index in [-0.39, 0.29) is 12.3 Å². The molecule has 138 valence electrons. The molecule has 2 atom stereocenters. The molecular weight excluding hydrogens is 348 g/mol. The van der Waals surface area contributed by atoms with Crippen molar-refractivity contribution in [2.24, 2.45) is 11.7 Å². The molecule has 1 aliphatic rings. The Balaban J connectivity index is 1.83. The van der Waals surface area contributed by atoms with Gasteiger partial charge >= 0.3 is 0 Å². The molecular formula is C21H25ClN2O2. The van der Waals surface area contributed by atoms with Crippen molar-refractivity contribution in [3.05, 3.63) is 58.1 Å². The maximum atomic E-state index is 13.0. The fraction of sp³-hybridized carbons (Fsp3) is 0.381. The molecule has 3 rings (SSSR count). The Morgan fingerprint density at radius 1 is 1.38 bits per heavy atom. The first-order valence-electron chi connectivity index (χ1n) is 8.88. The molecule has 0 bridgehead atoms. The van der Waals surface area contributed by atoms with E-state index in [4.69, 9.17) is 22.1 Å². The summed E-state index contributed by atoms with van der Waals surface area (Å²) in [6, 6.07) is 11.3. The lowest BCUT2D eigenvalue weighted by Crippen LogP contribution is -2.40. The van der Waals surface area contributed by atoms with Crippen LogP contribution >= 0.6 is 11.6 Å². The molecule has 26 heavy (non-hydrogen) atoms. The van der Waals surface area contributed by atoms with Crippen LogP contribution in [0, 0.1) is 12.8 Å². The van der Waals surface area contributed by atoms with Gasteiger partial charge in [0.15, 0.2) is 0 Å². The molecule has 0 saturated carbocycles. The third-order valence-electron chi connectivity index (χ3n) is 4.96. The zero-order chi connectivity index (χ0) is 18.8. The summed E-state index contributed by atoms with van der Waals surface area (Å²) in [5.74, 6) is 1.15. The van der Waals surface area contributed by atoms with Crippen LogP contribution in [0.3, 0.4) is 0 Å². The highest BCUT2D eigenvalue weighted by Crippen LogP contribution is 2.34. The van der Waals surface area contributed by atoms with E-state index >= 15 is 0 Å². The number of ether oxygens (including phenoxy) is 1. The molecule has 2 unspecified atom stereocenters. The lowest BCUT2D eigenvalue weighted by molar-refractivity contribution is -0.119. The molecule has 0 fully saturated rings. The molecule has 0 spiro atoms. The van der Waals surface area contributed by atoms with Crippen molar-refractivity contribution in [3.8, 4) is 5.75 Å². The maximum Gasteiger partial charge on any atom is 0.228 e. The summed E-state index contributed by atoms with van der Waals surface area (Å²) >= 11 is 6.40. The lowest BCUT2D eigenvalue weighted by atomic mass is 9.92. The van der Waals surface area contributed by atoms with Crippen molar-refractivity contribution in [2.75, 3.05) is 18.6 Å². The fourth-order valence-electron chi connectivity index (χ4n) is 3.74. The number of nitrogens with zero attached hydrogens (tertiary/aromatic N) is 1. The van der Waals surface area contributed by atoms with Crippen LogP contribution < -0.4 is 15.4 Å². The maximum absolute atomic E-state index is 13.0. The highest BCUT2D eigenvalue weighted by Gasteiger charge is 2.28. The highest BCUT2D eigenvalue weighted by atomic mass is 35.5. The van der Waals surface area contributed by atoms with Crippen molar-refractivity contribution in [1.29, 1.82) is 0 Å². The Labute approximate surface area is 159 Å². The number of hydrogen-bond donors (Lipinski definition) is 1. The fourth-order valence-corrected chi connectivity index (χ4v) is 4.14. The van der Waals surface area contributed by atoms with Crippen LogP contribution in [0.2, 0.25) is 5.02 Å². The number of anilines is 1. The summed E-state index contributed by atoms with van der Waals surface area (Å²) in [7, 11) is 1.60. The average molecular weight is 373 g/mol. The Morgan fingerprint density at radius 3 is 2.81 bits per heavy atom. The van der Waals surface area contributed by atoms with E-state index in [1.807, 2.05) is 36.1 Å². The van der Waals surface area contributed by atoms with Crippen LogP contribution in [0.25, 0.3) is 0 Å². The number of hydrogen-bond acceptors (Lipinski definition) is 3. The molecule has 0 saturated heterocycles. The summed E-state index contributed by atoms with van der Waals surface area (Å²) in [5, 5.41) is 0.537. The summed E-state index contributed by atoms with van der Waals surface area (Å²) in [6.07, 6.45) is 1.21. The molecule has 0 aromatic heterocycles. The van der Waals surface area contributed by atoms with Gasteiger partial charge in [0, 0.05) is 29.7 Å². The molecule has 2 N–H and O–H groups in total. The average Bonchev–Trinajstić information content (AvgIpc) is 2.60. The van der Waals surface area contributed by atoms with Crippen LogP contribution in [0.1, 0.15) is 36.1 Å². The number of benzene rings is 2. The predicted octanol–water partition coefficient (Wildman–Crippen LogP) is 4.27. The summed E-state index contributed by atoms with van der Waals surface area (Å²) in [5.41, 5.74) is 10.3. The number of carbonyl (C=O) groups excluding carboxylic acids is 1. The normalized spacial score (nSPS) is 17.6. The molecule has 4 nitrogen and oxygen atoms in total. The predicted molar refractivity (Wildman–Crippen MR) is 106 cm³/mol. The highest BCUT2D eigenvalue weighted by molar-refractivity contribution is 6.31.